The maximum Gasteiger partial charge on any atom is 0.276 e. The first-order valence-corrected chi connectivity index (χ1v) is 17.7. The molecule has 0 spiro atoms. The van der Waals surface area contributed by atoms with Gasteiger partial charge in [0.15, 0.2) is 22.7 Å². The second-order valence-electron chi connectivity index (χ2n) is 14.0. The predicted molar refractivity (Wildman–Crippen MR) is 196 cm³/mol. The van der Waals surface area contributed by atoms with Crippen molar-refractivity contribution in [3.05, 3.63) is 141 Å². The Kier molecular flexibility index (Phi) is 9.22. The minimum absolute atomic E-state index is 0.105. The van der Waals surface area contributed by atoms with Gasteiger partial charge in [-0.3, -0.25) is 14.5 Å². The molecule has 2 aliphatic heterocycles. The Morgan fingerprint density at radius 1 is 0.679 bits per heavy atom. The van der Waals surface area contributed by atoms with E-state index in [1.807, 2.05) is 18.2 Å². The Labute approximate surface area is 302 Å². The molecule has 2 aliphatic rings. The van der Waals surface area contributed by atoms with E-state index in [0.29, 0.717) is 57.3 Å². The van der Waals surface area contributed by atoms with Crippen molar-refractivity contribution in [2.45, 2.75) is 32.2 Å². The van der Waals surface area contributed by atoms with E-state index in [2.05, 4.69) is 61.2 Å². The molecule has 3 aromatic carbocycles. The highest BCUT2D eigenvalue weighted by Crippen LogP contribution is 2.31. The smallest absolute Gasteiger partial charge is 0.276 e. The Bertz CT molecular complexity index is 2530. The summed E-state index contributed by atoms with van der Waals surface area (Å²) in [6.07, 6.45) is 2.95. The van der Waals surface area contributed by atoms with Gasteiger partial charge in [-0.15, -0.1) is 0 Å². The molecular formula is C39H38F2N10O2. The van der Waals surface area contributed by atoms with Gasteiger partial charge in [0.05, 0.1) is 12.4 Å². The summed E-state index contributed by atoms with van der Waals surface area (Å²) in [5.41, 5.74) is 2.69. The number of aromatic nitrogens is 8. The van der Waals surface area contributed by atoms with Crippen molar-refractivity contribution in [2.75, 3.05) is 26.2 Å². The summed E-state index contributed by atoms with van der Waals surface area (Å²) < 4.78 is 30.2. The predicted octanol–water partition coefficient (Wildman–Crippen LogP) is 5.01. The topological polar surface area (TPSA) is 141 Å². The molecule has 0 amide bonds. The second-order valence-corrected chi connectivity index (χ2v) is 14.0. The molecule has 4 unspecified atom stereocenters. The first-order valence-electron chi connectivity index (χ1n) is 17.7. The van der Waals surface area contributed by atoms with Crippen LogP contribution in [-0.2, 0) is 6.54 Å². The number of benzene rings is 3. The van der Waals surface area contributed by atoms with Gasteiger partial charge in [0, 0.05) is 49.1 Å². The van der Waals surface area contributed by atoms with Crippen LogP contribution in [0, 0.1) is 23.5 Å². The maximum absolute atomic E-state index is 13.7. The number of hydrogen-bond donors (Lipinski definition) is 3. The van der Waals surface area contributed by atoms with Gasteiger partial charge >= 0.3 is 0 Å². The van der Waals surface area contributed by atoms with Crippen LogP contribution in [0.4, 0.5) is 8.78 Å². The van der Waals surface area contributed by atoms with Crippen LogP contribution in [0.15, 0.2) is 101 Å². The third-order valence-electron chi connectivity index (χ3n) is 10.2. The lowest BCUT2D eigenvalue weighted by atomic mass is 9.97. The average Bonchev–Trinajstić information content (AvgIpc) is 3.95. The first-order chi connectivity index (χ1) is 25.7. The van der Waals surface area contributed by atoms with Crippen LogP contribution in [0.3, 0.4) is 0 Å². The summed E-state index contributed by atoms with van der Waals surface area (Å²) in [5, 5.41) is 12.6. The standard InChI is InChI=1S/C23H22FN5O.C16H16FN5O/c1-15-12-28(13-16-6-3-2-4-7-16)14-19(15)21-26-23(30)20-11-25-22(29(20)27-21)17-8-5-9-18(24)10-17;1-9-6-18-7-12(9)14-20-16(23)13-8-19-15(22(13)21-14)10-3-2-4-11(17)5-10/h2-11,15,19H,12-14H2,1H3,(H,26,27,30);2-5,8-9,12,18H,6-7H2,1H3,(H,20,21,23). The van der Waals surface area contributed by atoms with Gasteiger partial charge in [-0.25, -0.2) is 27.8 Å². The van der Waals surface area contributed by atoms with E-state index < -0.39 is 0 Å². The third kappa shape index (κ3) is 6.90. The number of nitrogens with zero attached hydrogens (tertiary/aromatic N) is 7. The van der Waals surface area contributed by atoms with Crippen LogP contribution in [-0.4, -0.2) is 70.2 Å². The molecule has 3 N–H and O–H groups in total. The van der Waals surface area contributed by atoms with Gasteiger partial charge < -0.3 is 15.3 Å². The molecule has 2 fully saturated rings. The number of aromatic amines is 2. The fraction of sp³-hybridized carbons (Fsp3) is 0.282. The van der Waals surface area contributed by atoms with Crippen molar-refractivity contribution in [1.29, 1.82) is 0 Å². The molecule has 4 aromatic heterocycles. The minimum atomic E-state index is -0.352. The van der Waals surface area contributed by atoms with Crippen LogP contribution < -0.4 is 16.4 Å². The van der Waals surface area contributed by atoms with E-state index >= 15 is 0 Å². The number of nitrogens with one attached hydrogen (secondary N) is 3. The van der Waals surface area contributed by atoms with Crippen LogP contribution in [0.1, 0.15) is 42.9 Å². The van der Waals surface area contributed by atoms with E-state index in [0.717, 1.165) is 32.7 Å². The van der Waals surface area contributed by atoms with Gasteiger partial charge in [0.2, 0.25) is 0 Å². The molecule has 0 aliphatic carbocycles. The molecule has 0 bridgehead atoms. The number of rotatable bonds is 6. The molecular weight excluding hydrogens is 678 g/mol. The van der Waals surface area contributed by atoms with Crippen molar-refractivity contribution in [1.82, 2.24) is 49.4 Å². The number of imidazole rings is 2. The van der Waals surface area contributed by atoms with Crippen molar-refractivity contribution in [3.63, 3.8) is 0 Å². The van der Waals surface area contributed by atoms with E-state index in [-0.39, 0.29) is 34.6 Å². The Balaban J connectivity index is 0.000000156. The first kappa shape index (κ1) is 34.2. The number of likely N-dealkylation sites (tertiary alicyclic amines) is 1. The fourth-order valence-electron chi connectivity index (χ4n) is 7.38. The molecule has 7 aromatic rings. The van der Waals surface area contributed by atoms with Crippen molar-refractivity contribution in [2.24, 2.45) is 11.8 Å². The lowest BCUT2D eigenvalue weighted by molar-refractivity contribution is 0.318. The van der Waals surface area contributed by atoms with Crippen LogP contribution in [0.5, 0.6) is 0 Å². The van der Waals surface area contributed by atoms with Crippen molar-refractivity contribution < 1.29 is 8.78 Å². The van der Waals surface area contributed by atoms with Gasteiger partial charge in [0.1, 0.15) is 23.3 Å². The zero-order valence-corrected chi connectivity index (χ0v) is 29.2. The van der Waals surface area contributed by atoms with E-state index in [1.165, 1.54) is 51.3 Å². The Hall–Kier alpha value is -5.86. The van der Waals surface area contributed by atoms with E-state index in [4.69, 9.17) is 5.10 Å². The number of fused-ring (bicyclic) bond motifs is 2. The number of hydrogen-bond acceptors (Lipinski definition) is 8. The summed E-state index contributed by atoms with van der Waals surface area (Å²) in [5.74, 6) is 2.49. The molecule has 14 heteroatoms. The third-order valence-corrected chi connectivity index (χ3v) is 10.2. The summed E-state index contributed by atoms with van der Waals surface area (Å²) in [7, 11) is 0. The second kappa shape index (κ2) is 14.3. The largest absolute Gasteiger partial charge is 0.316 e. The Morgan fingerprint density at radius 2 is 1.25 bits per heavy atom. The zero-order valence-electron chi connectivity index (χ0n) is 29.2. The summed E-state index contributed by atoms with van der Waals surface area (Å²) >= 11 is 0. The minimum Gasteiger partial charge on any atom is -0.316 e. The normalized spacial score (nSPS) is 20.2. The number of halogens is 2. The maximum atomic E-state index is 13.7. The lowest BCUT2D eigenvalue weighted by Gasteiger charge is -2.16. The molecule has 53 heavy (non-hydrogen) atoms. The highest BCUT2D eigenvalue weighted by molar-refractivity contribution is 5.62. The molecule has 270 valence electrons. The average molecular weight is 717 g/mol. The van der Waals surface area contributed by atoms with Crippen LogP contribution in [0.2, 0.25) is 0 Å². The molecule has 2 saturated heterocycles. The highest BCUT2D eigenvalue weighted by atomic mass is 19.1. The molecule has 0 saturated carbocycles. The SMILES string of the molecule is CC1CN(Cc2ccccc2)CC1c1nn2c(-c3cccc(F)c3)ncc2c(=O)[nH]1.CC1CNCC1c1nn2c(-c3cccc(F)c3)ncc2c(=O)[nH]1. The molecule has 4 atom stereocenters. The van der Waals surface area contributed by atoms with Crippen LogP contribution >= 0.6 is 0 Å². The Morgan fingerprint density at radius 3 is 1.77 bits per heavy atom. The quantitative estimate of drug-likeness (QED) is 0.218. The summed E-state index contributed by atoms with van der Waals surface area (Å²) in [6.45, 7) is 8.59. The van der Waals surface area contributed by atoms with Crippen LogP contribution in [0.25, 0.3) is 33.8 Å². The van der Waals surface area contributed by atoms with E-state index in [1.54, 1.807) is 24.3 Å². The molecule has 12 nitrogen and oxygen atoms in total. The summed E-state index contributed by atoms with van der Waals surface area (Å²) in [6, 6.07) is 22.7. The number of H-pyrrole nitrogens is 2. The van der Waals surface area contributed by atoms with Gasteiger partial charge in [-0.2, -0.15) is 10.2 Å². The van der Waals surface area contributed by atoms with Gasteiger partial charge in [0.25, 0.3) is 11.1 Å². The highest BCUT2D eigenvalue weighted by Gasteiger charge is 2.33. The molecule has 6 heterocycles. The zero-order chi connectivity index (χ0) is 36.6. The van der Waals surface area contributed by atoms with Gasteiger partial charge in [-0.05, 0) is 48.2 Å². The van der Waals surface area contributed by atoms with E-state index in [9.17, 15) is 18.4 Å². The lowest BCUT2D eigenvalue weighted by Crippen LogP contribution is -2.23. The van der Waals surface area contributed by atoms with Crippen molar-refractivity contribution >= 4 is 11.0 Å². The van der Waals surface area contributed by atoms with Crippen molar-refractivity contribution in [3.8, 4) is 22.8 Å². The monoisotopic (exact) mass is 716 g/mol. The van der Waals surface area contributed by atoms with Gasteiger partial charge in [-0.1, -0.05) is 68.4 Å². The molecule has 9 rings (SSSR count). The summed E-state index contributed by atoms with van der Waals surface area (Å²) in [4.78, 5) is 41.8. The molecule has 0 radical (unpaired) electrons. The fourth-order valence-corrected chi connectivity index (χ4v) is 7.38.